The molecule has 1 heterocycles. The lowest BCUT2D eigenvalue weighted by Gasteiger charge is -2.17. The molecule has 1 aliphatic heterocycles. The molecule has 1 aliphatic carbocycles. The predicted octanol–water partition coefficient (Wildman–Crippen LogP) is 5.89. The Morgan fingerprint density at radius 3 is 2.59 bits per heavy atom. The Morgan fingerprint density at radius 1 is 1.00 bits per heavy atom. The van der Waals surface area contributed by atoms with E-state index in [4.69, 9.17) is 21.1 Å². The van der Waals surface area contributed by atoms with Crippen LogP contribution in [0.5, 0.6) is 11.5 Å². The third-order valence-electron chi connectivity index (χ3n) is 6.09. The molecule has 3 aromatic rings. The Bertz CT molecular complexity index is 1110. The Balaban J connectivity index is 1.44. The van der Waals surface area contributed by atoms with Crippen LogP contribution < -0.4 is 9.47 Å². The van der Waals surface area contributed by atoms with Gasteiger partial charge in [0.05, 0.1) is 5.41 Å². The van der Waals surface area contributed by atoms with E-state index < -0.39 is 5.41 Å². The predicted molar refractivity (Wildman–Crippen MR) is 114 cm³/mol. The van der Waals surface area contributed by atoms with Crippen LogP contribution in [0, 0.1) is 6.92 Å². The fourth-order valence-electron chi connectivity index (χ4n) is 4.11. The highest BCUT2D eigenvalue weighted by Crippen LogP contribution is 2.51. The van der Waals surface area contributed by atoms with Crippen molar-refractivity contribution in [2.45, 2.75) is 31.6 Å². The monoisotopic (exact) mass is 404 g/mol. The highest BCUT2D eigenvalue weighted by Gasteiger charge is 2.50. The molecular weight excluding hydrogens is 384 g/mol. The maximum absolute atomic E-state index is 13.4. The lowest BCUT2D eigenvalue weighted by atomic mass is 9.86. The Kier molecular flexibility index (Phi) is 4.36. The highest BCUT2D eigenvalue weighted by molar-refractivity contribution is 6.33. The summed E-state index contributed by atoms with van der Waals surface area (Å²) in [5.74, 6) is 1.74. The molecule has 0 saturated heterocycles. The maximum Gasteiger partial charge on any atom is 0.231 e. The second-order valence-corrected chi connectivity index (χ2v) is 8.28. The van der Waals surface area contributed by atoms with E-state index in [0.29, 0.717) is 11.4 Å². The van der Waals surface area contributed by atoms with Crippen molar-refractivity contribution in [2.24, 2.45) is 0 Å². The van der Waals surface area contributed by atoms with Gasteiger partial charge in [-0.15, -0.1) is 0 Å². The summed E-state index contributed by atoms with van der Waals surface area (Å²) in [4.78, 5) is 13.4. The van der Waals surface area contributed by atoms with E-state index in [1.165, 1.54) is 0 Å². The summed E-state index contributed by atoms with van der Waals surface area (Å²) < 4.78 is 10.9. The van der Waals surface area contributed by atoms with E-state index in [2.05, 4.69) is 25.1 Å². The van der Waals surface area contributed by atoms with Crippen LogP contribution in [0.4, 0.5) is 0 Å². The van der Waals surface area contributed by atoms with Crippen LogP contribution >= 0.6 is 11.6 Å². The first kappa shape index (κ1) is 18.3. The van der Waals surface area contributed by atoms with Crippen molar-refractivity contribution < 1.29 is 14.3 Å². The summed E-state index contributed by atoms with van der Waals surface area (Å²) >= 11 is 6.38. The lowest BCUT2D eigenvalue weighted by Crippen LogP contribution is -2.22. The van der Waals surface area contributed by atoms with Gasteiger partial charge in [-0.1, -0.05) is 54.1 Å². The number of ether oxygens (including phenoxy) is 2. The topological polar surface area (TPSA) is 35.5 Å². The first-order chi connectivity index (χ1) is 14.1. The van der Waals surface area contributed by atoms with Crippen molar-refractivity contribution in [3.05, 3.63) is 82.4 Å². The number of rotatable bonds is 5. The molecule has 2 aliphatic rings. The minimum Gasteiger partial charge on any atom is -0.454 e. The largest absolute Gasteiger partial charge is 0.454 e. The van der Waals surface area contributed by atoms with Gasteiger partial charge in [0.1, 0.15) is 5.78 Å². The smallest absolute Gasteiger partial charge is 0.231 e. The zero-order valence-corrected chi connectivity index (χ0v) is 17.0. The van der Waals surface area contributed by atoms with Crippen LogP contribution in [0.25, 0.3) is 11.1 Å². The second-order valence-electron chi connectivity index (χ2n) is 7.87. The van der Waals surface area contributed by atoms with Gasteiger partial charge in [-0.2, -0.15) is 0 Å². The van der Waals surface area contributed by atoms with Crippen molar-refractivity contribution >= 4 is 17.4 Å². The quantitative estimate of drug-likeness (QED) is 0.532. The molecule has 1 saturated carbocycles. The van der Waals surface area contributed by atoms with Gasteiger partial charge in [0.2, 0.25) is 6.79 Å². The SMILES string of the molecule is Cc1ccc(-c2ccccc2Cl)cc1CC(=O)C1(c2ccc3c(c2)OCO3)CC1. The van der Waals surface area contributed by atoms with Crippen LogP contribution in [-0.4, -0.2) is 12.6 Å². The van der Waals surface area contributed by atoms with Gasteiger partial charge in [-0.3, -0.25) is 4.79 Å². The number of aryl methyl sites for hydroxylation is 1. The maximum atomic E-state index is 13.4. The van der Waals surface area contributed by atoms with Crippen molar-refractivity contribution in [2.75, 3.05) is 6.79 Å². The Morgan fingerprint density at radius 2 is 1.79 bits per heavy atom. The molecule has 4 heteroatoms. The van der Waals surface area contributed by atoms with Crippen molar-refractivity contribution in [3.8, 4) is 22.6 Å². The van der Waals surface area contributed by atoms with Gasteiger partial charge >= 0.3 is 0 Å². The molecule has 1 fully saturated rings. The zero-order valence-electron chi connectivity index (χ0n) is 16.2. The van der Waals surface area contributed by atoms with Crippen LogP contribution in [0.2, 0.25) is 5.02 Å². The fourth-order valence-corrected chi connectivity index (χ4v) is 4.36. The molecule has 0 bridgehead atoms. The number of hydrogen-bond acceptors (Lipinski definition) is 3. The van der Waals surface area contributed by atoms with Crippen LogP contribution in [0.1, 0.15) is 29.5 Å². The molecule has 0 N–H and O–H groups in total. The number of hydrogen-bond donors (Lipinski definition) is 0. The molecule has 0 amide bonds. The van der Waals surface area contributed by atoms with E-state index >= 15 is 0 Å². The van der Waals surface area contributed by atoms with Gasteiger partial charge in [0.25, 0.3) is 0 Å². The van der Waals surface area contributed by atoms with E-state index in [0.717, 1.165) is 52.2 Å². The van der Waals surface area contributed by atoms with Crippen molar-refractivity contribution in [3.63, 3.8) is 0 Å². The van der Waals surface area contributed by atoms with Gasteiger partial charge < -0.3 is 9.47 Å². The number of ketones is 1. The number of halogens is 1. The minimum atomic E-state index is -0.395. The molecule has 0 spiro atoms. The van der Waals surface area contributed by atoms with Crippen LogP contribution in [-0.2, 0) is 16.6 Å². The molecule has 0 atom stereocenters. The lowest BCUT2D eigenvalue weighted by molar-refractivity contribution is -0.120. The molecule has 29 heavy (non-hydrogen) atoms. The van der Waals surface area contributed by atoms with E-state index in [1.54, 1.807) is 0 Å². The average molecular weight is 405 g/mol. The first-order valence-corrected chi connectivity index (χ1v) is 10.2. The van der Waals surface area contributed by atoms with E-state index in [9.17, 15) is 4.79 Å². The first-order valence-electron chi connectivity index (χ1n) is 9.85. The molecule has 146 valence electrons. The van der Waals surface area contributed by atoms with Gasteiger partial charge in [-0.05, 0) is 60.2 Å². The van der Waals surface area contributed by atoms with Gasteiger partial charge in [0.15, 0.2) is 11.5 Å². The number of Topliss-reactive ketones (excluding diaryl/α,β-unsaturated/α-hetero) is 1. The summed E-state index contributed by atoms with van der Waals surface area (Å²) in [6.45, 7) is 2.30. The van der Waals surface area contributed by atoms with Gasteiger partial charge in [0, 0.05) is 17.0 Å². The molecule has 0 unspecified atom stereocenters. The molecule has 3 nitrogen and oxygen atoms in total. The minimum absolute atomic E-state index is 0.244. The van der Waals surface area contributed by atoms with Crippen molar-refractivity contribution in [1.29, 1.82) is 0 Å². The van der Waals surface area contributed by atoms with Crippen molar-refractivity contribution in [1.82, 2.24) is 0 Å². The number of benzene rings is 3. The molecule has 5 rings (SSSR count). The third kappa shape index (κ3) is 3.20. The highest BCUT2D eigenvalue weighted by atomic mass is 35.5. The van der Waals surface area contributed by atoms with Crippen LogP contribution in [0.3, 0.4) is 0 Å². The Hall–Kier alpha value is -2.78. The average Bonchev–Trinajstić information content (AvgIpc) is 3.41. The summed E-state index contributed by atoms with van der Waals surface area (Å²) in [6.07, 6.45) is 2.18. The molecule has 0 radical (unpaired) electrons. The fraction of sp³-hybridized carbons (Fsp3) is 0.240. The number of carbonyl (C=O) groups is 1. The number of carbonyl (C=O) groups excluding carboxylic acids is 1. The van der Waals surface area contributed by atoms with Gasteiger partial charge in [-0.25, -0.2) is 0 Å². The standard InChI is InChI=1S/C25H21ClO3/c1-16-6-7-17(20-4-2-3-5-21(20)26)12-18(16)13-24(27)25(10-11-25)19-8-9-22-23(14-19)29-15-28-22/h2-9,12,14H,10-11,13,15H2,1H3. The summed E-state index contributed by atoms with van der Waals surface area (Å²) in [7, 11) is 0. The van der Waals surface area contributed by atoms with Crippen LogP contribution in [0.15, 0.2) is 60.7 Å². The second kappa shape index (κ2) is 6.93. The zero-order chi connectivity index (χ0) is 20.0. The normalized spacial score (nSPS) is 15.9. The summed E-state index contributed by atoms with van der Waals surface area (Å²) in [6, 6.07) is 19.9. The van der Waals surface area contributed by atoms with E-state index in [-0.39, 0.29) is 12.6 Å². The number of fused-ring (bicyclic) bond motifs is 1. The molecular formula is C25H21ClO3. The molecule has 0 aromatic heterocycles. The summed E-state index contributed by atoms with van der Waals surface area (Å²) in [5.41, 5.74) is 4.84. The summed E-state index contributed by atoms with van der Waals surface area (Å²) in [5, 5.41) is 0.715. The Labute approximate surface area is 175 Å². The molecule has 3 aromatic carbocycles. The third-order valence-corrected chi connectivity index (χ3v) is 6.42. The van der Waals surface area contributed by atoms with E-state index in [1.807, 2.05) is 42.5 Å².